The van der Waals surface area contributed by atoms with E-state index < -0.39 is 10.0 Å². The molecule has 0 atom stereocenters. The monoisotopic (exact) mass is 466 g/mol. The lowest BCUT2D eigenvalue weighted by molar-refractivity contribution is 0.0958. The van der Waals surface area contributed by atoms with Crippen LogP contribution in [0, 0.1) is 0 Å². The van der Waals surface area contributed by atoms with Crippen LogP contribution in [0.1, 0.15) is 23.0 Å². The van der Waals surface area contributed by atoms with Gasteiger partial charge in [0.25, 0.3) is 15.9 Å². The molecule has 0 fully saturated rings. The molecule has 0 unspecified atom stereocenters. The van der Waals surface area contributed by atoms with Crippen molar-refractivity contribution < 1.29 is 13.2 Å². The van der Waals surface area contributed by atoms with Crippen molar-refractivity contribution in [3.05, 3.63) is 57.9 Å². The lowest BCUT2D eigenvalue weighted by Crippen LogP contribution is -2.26. The second kappa shape index (κ2) is 8.00. The van der Waals surface area contributed by atoms with Crippen molar-refractivity contribution >= 4 is 59.0 Å². The van der Waals surface area contributed by atoms with Crippen LogP contribution in [0.25, 0.3) is 10.1 Å². The SMILES string of the molecule is CCCNC(=O)c1cc2cc(N(C)S(=O)(=O)c3ccc(Br)cc3)ccc2s1. The molecule has 5 nitrogen and oxygen atoms in total. The number of benzene rings is 2. The van der Waals surface area contributed by atoms with Crippen molar-refractivity contribution in [2.75, 3.05) is 17.9 Å². The van der Waals surface area contributed by atoms with Crippen molar-refractivity contribution in [1.82, 2.24) is 5.32 Å². The normalized spacial score (nSPS) is 11.5. The third kappa shape index (κ3) is 4.17. The smallest absolute Gasteiger partial charge is 0.264 e. The number of rotatable bonds is 6. The number of thiophene rings is 1. The molecule has 1 heterocycles. The van der Waals surface area contributed by atoms with Gasteiger partial charge in [0, 0.05) is 22.8 Å². The second-order valence-corrected chi connectivity index (χ2v) is 9.98. The molecule has 3 aromatic rings. The molecule has 0 saturated heterocycles. The maximum atomic E-state index is 12.9. The minimum absolute atomic E-state index is 0.101. The van der Waals surface area contributed by atoms with Crippen molar-refractivity contribution in [2.24, 2.45) is 0 Å². The Hall–Kier alpha value is -1.90. The molecular formula is C19H19BrN2O3S2. The summed E-state index contributed by atoms with van der Waals surface area (Å²) in [6.45, 7) is 2.63. The standard InChI is InChI=1S/C19H19BrN2O3S2/c1-3-10-21-19(23)18-12-13-11-15(6-9-17(13)26-18)22(2)27(24,25)16-7-4-14(20)5-8-16/h4-9,11-12H,3,10H2,1-2H3,(H,21,23). The topological polar surface area (TPSA) is 66.5 Å². The highest BCUT2D eigenvalue weighted by atomic mass is 79.9. The summed E-state index contributed by atoms with van der Waals surface area (Å²) in [5, 5.41) is 3.70. The summed E-state index contributed by atoms with van der Waals surface area (Å²) in [5.74, 6) is -0.101. The minimum Gasteiger partial charge on any atom is -0.351 e. The van der Waals surface area contributed by atoms with Crippen LogP contribution in [0.2, 0.25) is 0 Å². The fraction of sp³-hybridized carbons (Fsp3) is 0.211. The van der Waals surface area contributed by atoms with Crippen molar-refractivity contribution in [3.8, 4) is 0 Å². The van der Waals surface area contributed by atoms with Crippen LogP contribution >= 0.6 is 27.3 Å². The summed E-state index contributed by atoms with van der Waals surface area (Å²) in [5.41, 5.74) is 0.545. The molecule has 1 aromatic heterocycles. The summed E-state index contributed by atoms with van der Waals surface area (Å²) in [4.78, 5) is 13.0. The van der Waals surface area contributed by atoms with E-state index in [9.17, 15) is 13.2 Å². The zero-order chi connectivity index (χ0) is 19.6. The van der Waals surface area contributed by atoms with Crippen molar-refractivity contribution in [1.29, 1.82) is 0 Å². The number of carbonyl (C=O) groups is 1. The summed E-state index contributed by atoms with van der Waals surface area (Å²) in [6, 6.07) is 13.7. The molecule has 2 aromatic carbocycles. The lowest BCUT2D eigenvalue weighted by Gasteiger charge is -2.19. The molecule has 142 valence electrons. The Kier molecular flexibility index (Phi) is 5.88. The van der Waals surface area contributed by atoms with E-state index in [0.29, 0.717) is 17.1 Å². The van der Waals surface area contributed by atoms with E-state index in [1.807, 2.05) is 13.0 Å². The lowest BCUT2D eigenvalue weighted by atomic mass is 10.2. The first-order chi connectivity index (χ1) is 12.8. The maximum absolute atomic E-state index is 12.9. The van der Waals surface area contributed by atoms with Gasteiger partial charge < -0.3 is 5.32 Å². The number of fused-ring (bicyclic) bond motifs is 1. The first kappa shape index (κ1) is 19.9. The Morgan fingerprint density at radius 2 is 1.85 bits per heavy atom. The van der Waals surface area contributed by atoms with E-state index >= 15 is 0 Å². The van der Waals surface area contributed by atoms with Crippen molar-refractivity contribution in [3.63, 3.8) is 0 Å². The quantitative estimate of drug-likeness (QED) is 0.575. The Morgan fingerprint density at radius 3 is 2.52 bits per heavy atom. The van der Waals surface area contributed by atoms with Gasteiger partial charge in [0.2, 0.25) is 0 Å². The van der Waals surface area contributed by atoms with E-state index in [1.165, 1.54) is 22.7 Å². The van der Waals surface area contributed by atoms with Gasteiger partial charge in [0.1, 0.15) is 0 Å². The molecule has 0 spiro atoms. The average molecular weight is 467 g/mol. The summed E-state index contributed by atoms with van der Waals surface area (Å²) >= 11 is 4.71. The van der Waals surface area contributed by atoms with Gasteiger partial charge in [0.05, 0.1) is 15.5 Å². The van der Waals surface area contributed by atoms with Gasteiger partial charge in [-0.1, -0.05) is 22.9 Å². The van der Waals surface area contributed by atoms with E-state index in [2.05, 4.69) is 21.2 Å². The van der Waals surface area contributed by atoms with Crippen LogP contribution in [0.5, 0.6) is 0 Å². The molecule has 0 saturated carbocycles. The number of carbonyl (C=O) groups excluding carboxylic acids is 1. The van der Waals surface area contributed by atoms with E-state index in [0.717, 1.165) is 21.0 Å². The largest absolute Gasteiger partial charge is 0.351 e. The Morgan fingerprint density at radius 1 is 1.15 bits per heavy atom. The number of sulfonamides is 1. The first-order valence-electron chi connectivity index (χ1n) is 8.39. The highest BCUT2D eigenvalue weighted by Crippen LogP contribution is 2.31. The van der Waals surface area contributed by atoms with Crippen LogP contribution in [-0.2, 0) is 10.0 Å². The van der Waals surface area contributed by atoms with Gasteiger partial charge in [-0.3, -0.25) is 9.10 Å². The summed E-state index contributed by atoms with van der Waals surface area (Å²) in [7, 11) is -2.13. The fourth-order valence-electron chi connectivity index (χ4n) is 2.57. The minimum atomic E-state index is -3.66. The number of nitrogens with one attached hydrogen (secondary N) is 1. The van der Waals surface area contributed by atoms with Gasteiger partial charge in [0.15, 0.2) is 0 Å². The van der Waals surface area contributed by atoms with Crippen LogP contribution in [-0.4, -0.2) is 27.9 Å². The molecule has 0 radical (unpaired) electrons. The van der Waals surface area contributed by atoms with Crippen LogP contribution in [0.4, 0.5) is 5.69 Å². The molecule has 0 aliphatic rings. The molecule has 1 amide bonds. The second-order valence-electron chi connectivity index (χ2n) is 6.02. The number of amides is 1. The maximum Gasteiger partial charge on any atom is 0.264 e. The molecule has 0 aliphatic heterocycles. The Bertz CT molecular complexity index is 1080. The van der Waals surface area contributed by atoms with Gasteiger partial charge in [-0.15, -0.1) is 11.3 Å². The molecule has 8 heteroatoms. The third-order valence-electron chi connectivity index (χ3n) is 4.09. The van der Waals surface area contributed by atoms with Crippen molar-refractivity contribution in [2.45, 2.75) is 18.2 Å². The highest BCUT2D eigenvalue weighted by Gasteiger charge is 2.22. The molecule has 27 heavy (non-hydrogen) atoms. The molecular weight excluding hydrogens is 448 g/mol. The van der Waals surface area contributed by atoms with Crippen LogP contribution in [0.3, 0.4) is 0 Å². The predicted molar refractivity (Wildman–Crippen MR) is 114 cm³/mol. The number of nitrogens with zero attached hydrogens (tertiary/aromatic N) is 1. The highest BCUT2D eigenvalue weighted by molar-refractivity contribution is 9.10. The zero-order valence-electron chi connectivity index (χ0n) is 14.9. The first-order valence-corrected chi connectivity index (χ1v) is 11.4. The van der Waals surface area contributed by atoms with E-state index in [4.69, 9.17) is 0 Å². The fourth-order valence-corrected chi connectivity index (χ4v) is 4.98. The molecule has 0 bridgehead atoms. The van der Waals surface area contributed by atoms with E-state index in [-0.39, 0.29) is 10.8 Å². The summed E-state index contributed by atoms with van der Waals surface area (Å²) < 4.78 is 28.7. The Labute approximate surface area is 171 Å². The molecule has 0 aliphatic carbocycles. The van der Waals surface area contributed by atoms with Gasteiger partial charge in [-0.25, -0.2) is 8.42 Å². The number of hydrogen-bond acceptors (Lipinski definition) is 4. The molecule has 1 N–H and O–H groups in total. The van der Waals surface area contributed by atoms with Gasteiger partial charge in [-0.05, 0) is 60.3 Å². The van der Waals surface area contributed by atoms with Gasteiger partial charge >= 0.3 is 0 Å². The average Bonchev–Trinajstić information content (AvgIpc) is 3.09. The summed E-state index contributed by atoms with van der Waals surface area (Å²) in [6.07, 6.45) is 0.874. The number of hydrogen-bond donors (Lipinski definition) is 1. The van der Waals surface area contributed by atoms with Crippen LogP contribution in [0.15, 0.2) is 57.9 Å². The van der Waals surface area contributed by atoms with Gasteiger partial charge in [-0.2, -0.15) is 0 Å². The zero-order valence-corrected chi connectivity index (χ0v) is 18.1. The predicted octanol–water partition coefficient (Wildman–Crippen LogP) is 4.63. The van der Waals surface area contributed by atoms with Crippen LogP contribution < -0.4 is 9.62 Å². The number of halogens is 1. The molecule has 3 rings (SSSR count). The number of anilines is 1. The third-order valence-corrected chi connectivity index (χ3v) is 7.54. The van der Waals surface area contributed by atoms with E-state index in [1.54, 1.807) is 42.5 Å². The Balaban J connectivity index is 1.92.